The molecule has 2 amide bonds. The third-order valence-corrected chi connectivity index (χ3v) is 4.10. The Labute approximate surface area is 174 Å². The number of hydrogen-bond donors (Lipinski definition) is 2. The number of nitrogens with one attached hydrogen (secondary N) is 2. The zero-order valence-electron chi connectivity index (χ0n) is 15.8. The molecule has 0 heterocycles. The lowest BCUT2D eigenvalue weighted by molar-refractivity contribution is -0.128. The molecular weight excluding hydrogens is 403 g/mol. The SMILES string of the molecule is CC(C)COc1ccc(C(=O)NNC(=O)C(C)Oc2ccc(Cl)cc2Cl)cc1. The van der Waals surface area contributed by atoms with Gasteiger partial charge in [0.15, 0.2) is 6.10 Å². The minimum atomic E-state index is -0.884. The largest absolute Gasteiger partial charge is 0.493 e. The van der Waals surface area contributed by atoms with E-state index in [1.807, 2.05) is 0 Å². The van der Waals surface area contributed by atoms with Gasteiger partial charge in [-0.25, -0.2) is 0 Å². The van der Waals surface area contributed by atoms with Gasteiger partial charge >= 0.3 is 0 Å². The molecule has 28 heavy (non-hydrogen) atoms. The first-order valence-electron chi connectivity index (χ1n) is 8.71. The Morgan fingerprint density at radius 2 is 1.68 bits per heavy atom. The minimum absolute atomic E-state index is 0.288. The molecule has 0 aromatic heterocycles. The number of carbonyl (C=O) groups is 2. The normalized spacial score (nSPS) is 11.6. The van der Waals surface area contributed by atoms with Crippen molar-refractivity contribution in [2.45, 2.75) is 26.9 Å². The van der Waals surface area contributed by atoms with Crippen LogP contribution in [0.5, 0.6) is 11.5 Å². The number of halogens is 2. The van der Waals surface area contributed by atoms with Crippen LogP contribution in [0.3, 0.4) is 0 Å². The van der Waals surface area contributed by atoms with Crippen molar-refractivity contribution in [1.82, 2.24) is 10.9 Å². The van der Waals surface area contributed by atoms with Gasteiger partial charge in [-0.05, 0) is 55.3 Å². The number of ether oxygens (including phenoxy) is 2. The monoisotopic (exact) mass is 424 g/mol. The van der Waals surface area contributed by atoms with Crippen LogP contribution in [0.2, 0.25) is 10.0 Å². The fourth-order valence-electron chi connectivity index (χ4n) is 2.07. The highest BCUT2D eigenvalue weighted by Gasteiger charge is 2.17. The topological polar surface area (TPSA) is 76.7 Å². The summed E-state index contributed by atoms with van der Waals surface area (Å²) in [6.07, 6.45) is -0.884. The summed E-state index contributed by atoms with van der Waals surface area (Å²) in [5, 5.41) is 0.748. The van der Waals surface area contributed by atoms with Gasteiger partial charge in [0.2, 0.25) is 0 Å². The summed E-state index contributed by atoms with van der Waals surface area (Å²) >= 11 is 11.8. The van der Waals surface area contributed by atoms with Crippen molar-refractivity contribution in [1.29, 1.82) is 0 Å². The van der Waals surface area contributed by atoms with E-state index in [1.165, 1.54) is 13.0 Å². The summed E-state index contributed by atoms with van der Waals surface area (Å²) in [6.45, 7) is 6.23. The van der Waals surface area contributed by atoms with Crippen molar-refractivity contribution < 1.29 is 19.1 Å². The summed E-state index contributed by atoms with van der Waals surface area (Å²) < 4.78 is 11.1. The Morgan fingerprint density at radius 1 is 1.00 bits per heavy atom. The first kappa shape index (κ1) is 21.9. The van der Waals surface area contributed by atoms with Gasteiger partial charge in [0.1, 0.15) is 11.5 Å². The van der Waals surface area contributed by atoms with Crippen LogP contribution < -0.4 is 20.3 Å². The lowest BCUT2D eigenvalue weighted by Crippen LogP contribution is -2.47. The zero-order valence-corrected chi connectivity index (χ0v) is 17.3. The molecule has 0 aliphatic rings. The van der Waals surface area contributed by atoms with Crippen LogP contribution in [-0.4, -0.2) is 24.5 Å². The fraction of sp³-hybridized carbons (Fsp3) is 0.300. The molecule has 2 rings (SSSR count). The maximum Gasteiger partial charge on any atom is 0.279 e. The molecule has 0 spiro atoms. The van der Waals surface area contributed by atoms with E-state index in [9.17, 15) is 9.59 Å². The summed E-state index contributed by atoms with van der Waals surface area (Å²) in [7, 11) is 0. The van der Waals surface area contributed by atoms with Gasteiger partial charge in [-0.15, -0.1) is 0 Å². The van der Waals surface area contributed by atoms with Crippen LogP contribution in [0, 0.1) is 5.92 Å². The predicted molar refractivity (Wildman–Crippen MR) is 109 cm³/mol. The van der Waals surface area contributed by atoms with Crippen molar-refractivity contribution >= 4 is 35.0 Å². The number of carbonyl (C=O) groups excluding carboxylic acids is 2. The van der Waals surface area contributed by atoms with Crippen LogP contribution in [-0.2, 0) is 4.79 Å². The second kappa shape index (κ2) is 10.2. The molecule has 0 saturated heterocycles. The van der Waals surface area contributed by atoms with E-state index in [0.717, 1.165) is 0 Å². The number of rotatable bonds is 7. The number of hydrogen-bond acceptors (Lipinski definition) is 4. The zero-order chi connectivity index (χ0) is 20.7. The fourth-order valence-corrected chi connectivity index (χ4v) is 2.53. The highest BCUT2D eigenvalue weighted by Crippen LogP contribution is 2.28. The predicted octanol–water partition coefficient (Wildman–Crippen LogP) is 4.26. The average Bonchev–Trinajstić information content (AvgIpc) is 2.66. The van der Waals surface area contributed by atoms with Gasteiger partial charge in [-0.1, -0.05) is 37.0 Å². The van der Waals surface area contributed by atoms with Gasteiger partial charge in [-0.2, -0.15) is 0 Å². The summed E-state index contributed by atoms with van der Waals surface area (Å²) in [6, 6.07) is 11.3. The summed E-state index contributed by atoms with van der Waals surface area (Å²) in [5.41, 5.74) is 5.05. The Bertz CT molecular complexity index is 825. The van der Waals surface area contributed by atoms with Crippen LogP contribution in [0.4, 0.5) is 0 Å². The van der Waals surface area contributed by atoms with Crippen LogP contribution in [0.15, 0.2) is 42.5 Å². The Hall–Kier alpha value is -2.44. The van der Waals surface area contributed by atoms with E-state index in [-0.39, 0.29) is 5.02 Å². The molecule has 0 fully saturated rings. The molecule has 0 aliphatic carbocycles. The molecule has 0 bridgehead atoms. The van der Waals surface area contributed by atoms with Gasteiger partial charge in [-0.3, -0.25) is 20.4 Å². The molecule has 150 valence electrons. The standard InChI is InChI=1S/C20H22Cl2N2O4/c1-12(2)11-27-16-7-4-14(5-8-16)20(26)24-23-19(25)13(3)28-18-9-6-15(21)10-17(18)22/h4-10,12-13H,11H2,1-3H3,(H,23,25)(H,24,26). The van der Waals surface area contributed by atoms with E-state index >= 15 is 0 Å². The minimum Gasteiger partial charge on any atom is -0.493 e. The Balaban J connectivity index is 1.84. The third kappa shape index (κ3) is 6.62. The Kier molecular flexibility index (Phi) is 7.96. The highest BCUT2D eigenvalue weighted by atomic mass is 35.5. The lowest BCUT2D eigenvalue weighted by atomic mass is 10.2. The number of amides is 2. The maximum atomic E-state index is 12.2. The first-order chi connectivity index (χ1) is 13.3. The molecule has 1 atom stereocenters. The third-order valence-electron chi connectivity index (χ3n) is 3.57. The molecule has 6 nitrogen and oxygen atoms in total. The van der Waals surface area contributed by atoms with Gasteiger partial charge in [0.05, 0.1) is 11.6 Å². The van der Waals surface area contributed by atoms with Crippen molar-refractivity contribution in [3.05, 3.63) is 58.1 Å². The van der Waals surface area contributed by atoms with E-state index in [4.69, 9.17) is 32.7 Å². The van der Waals surface area contributed by atoms with Crippen molar-refractivity contribution in [3.63, 3.8) is 0 Å². The van der Waals surface area contributed by atoms with Crippen LogP contribution >= 0.6 is 23.2 Å². The van der Waals surface area contributed by atoms with Crippen LogP contribution in [0.25, 0.3) is 0 Å². The van der Waals surface area contributed by atoms with Crippen molar-refractivity contribution in [2.75, 3.05) is 6.61 Å². The average molecular weight is 425 g/mol. The molecule has 0 aliphatic heterocycles. The highest BCUT2D eigenvalue weighted by molar-refractivity contribution is 6.35. The summed E-state index contributed by atoms with van der Waals surface area (Å²) in [4.78, 5) is 24.3. The number of benzene rings is 2. The first-order valence-corrected chi connectivity index (χ1v) is 9.46. The van der Waals surface area contributed by atoms with E-state index in [0.29, 0.717) is 34.6 Å². The number of hydrazine groups is 1. The van der Waals surface area contributed by atoms with E-state index in [2.05, 4.69) is 24.7 Å². The molecule has 0 saturated carbocycles. The van der Waals surface area contributed by atoms with Gasteiger partial charge < -0.3 is 9.47 Å². The molecule has 2 aromatic rings. The molecule has 2 aromatic carbocycles. The smallest absolute Gasteiger partial charge is 0.279 e. The quantitative estimate of drug-likeness (QED) is 0.651. The molecular formula is C20H22Cl2N2O4. The van der Waals surface area contributed by atoms with Gasteiger partial charge in [0.25, 0.3) is 11.8 Å². The second-order valence-corrected chi connectivity index (χ2v) is 7.35. The van der Waals surface area contributed by atoms with Gasteiger partial charge in [0, 0.05) is 10.6 Å². The van der Waals surface area contributed by atoms with Crippen LogP contribution in [0.1, 0.15) is 31.1 Å². The Morgan fingerprint density at radius 3 is 2.29 bits per heavy atom. The lowest BCUT2D eigenvalue weighted by Gasteiger charge is -2.16. The maximum absolute atomic E-state index is 12.2. The van der Waals surface area contributed by atoms with E-state index in [1.54, 1.807) is 36.4 Å². The molecule has 2 N–H and O–H groups in total. The second-order valence-electron chi connectivity index (χ2n) is 6.51. The summed E-state index contributed by atoms with van der Waals surface area (Å²) in [5.74, 6) is 0.412. The molecule has 8 heteroatoms. The molecule has 1 unspecified atom stereocenters. The van der Waals surface area contributed by atoms with Crippen molar-refractivity contribution in [2.24, 2.45) is 5.92 Å². The molecule has 0 radical (unpaired) electrons. The van der Waals surface area contributed by atoms with Crippen molar-refractivity contribution in [3.8, 4) is 11.5 Å². The van der Waals surface area contributed by atoms with E-state index < -0.39 is 17.9 Å².